The van der Waals surface area contributed by atoms with Crippen molar-refractivity contribution >= 4 is 21.6 Å². The van der Waals surface area contributed by atoms with E-state index in [0.29, 0.717) is 17.9 Å². The SMILES string of the molecule is C[C@H]1CCCC[C@@H]1NC(=O)c1cccc(S(=O)(=O)N2c3ccccc3C[C@@H]2C)c1. The quantitative estimate of drug-likeness (QED) is 0.821. The second kappa shape index (κ2) is 7.82. The monoisotopic (exact) mass is 412 g/mol. The highest BCUT2D eigenvalue weighted by atomic mass is 32.2. The number of sulfonamides is 1. The Labute approximate surface area is 173 Å². The zero-order valence-electron chi connectivity index (χ0n) is 17.0. The molecule has 3 atom stereocenters. The molecular formula is C23H28N2O3S. The lowest BCUT2D eigenvalue weighted by atomic mass is 9.86. The summed E-state index contributed by atoms with van der Waals surface area (Å²) >= 11 is 0. The van der Waals surface area contributed by atoms with Crippen LogP contribution in [0.25, 0.3) is 0 Å². The molecule has 0 spiro atoms. The fourth-order valence-corrected chi connectivity index (χ4v) is 6.34. The topological polar surface area (TPSA) is 66.5 Å². The van der Waals surface area contributed by atoms with Crippen LogP contribution in [0.1, 0.15) is 55.5 Å². The lowest BCUT2D eigenvalue weighted by molar-refractivity contribution is 0.0910. The van der Waals surface area contributed by atoms with Crippen LogP contribution in [0.2, 0.25) is 0 Å². The molecule has 0 unspecified atom stereocenters. The second-order valence-corrected chi connectivity index (χ2v) is 10.2. The third-order valence-corrected chi connectivity index (χ3v) is 8.15. The lowest BCUT2D eigenvalue weighted by Gasteiger charge is -2.29. The minimum absolute atomic E-state index is 0.155. The van der Waals surface area contributed by atoms with E-state index in [1.807, 2.05) is 31.2 Å². The molecule has 1 aliphatic heterocycles. The third-order valence-electron chi connectivity index (χ3n) is 6.23. The van der Waals surface area contributed by atoms with Crippen LogP contribution in [0.15, 0.2) is 53.4 Å². The van der Waals surface area contributed by atoms with E-state index in [9.17, 15) is 13.2 Å². The van der Waals surface area contributed by atoms with Gasteiger partial charge in [-0.3, -0.25) is 9.10 Å². The van der Waals surface area contributed by atoms with Gasteiger partial charge in [-0.15, -0.1) is 0 Å². The van der Waals surface area contributed by atoms with Gasteiger partial charge in [-0.2, -0.15) is 0 Å². The summed E-state index contributed by atoms with van der Waals surface area (Å²) < 4.78 is 28.3. The van der Waals surface area contributed by atoms with Crippen LogP contribution < -0.4 is 9.62 Å². The first-order valence-corrected chi connectivity index (χ1v) is 11.8. The summed E-state index contributed by atoms with van der Waals surface area (Å²) in [5.74, 6) is 0.247. The molecule has 2 aliphatic rings. The van der Waals surface area contributed by atoms with E-state index in [2.05, 4.69) is 12.2 Å². The zero-order chi connectivity index (χ0) is 20.6. The first-order chi connectivity index (χ1) is 13.9. The van der Waals surface area contributed by atoms with E-state index < -0.39 is 10.0 Å². The van der Waals surface area contributed by atoms with Gasteiger partial charge in [0.2, 0.25) is 0 Å². The summed E-state index contributed by atoms with van der Waals surface area (Å²) in [5, 5.41) is 3.11. The number of anilines is 1. The van der Waals surface area contributed by atoms with Crippen LogP contribution in [0.5, 0.6) is 0 Å². The van der Waals surface area contributed by atoms with Crippen molar-refractivity contribution in [3.8, 4) is 0 Å². The van der Waals surface area contributed by atoms with Crippen molar-refractivity contribution in [2.45, 2.75) is 62.9 Å². The number of rotatable bonds is 4. The summed E-state index contributed by atoms with van der Waals surface area (Å²) in [6.45, 7) is 4.08. The van der Waals surface area contributed by atoms with E-state index in [4.69, 9.17) is 0 Å². The molecule has 1 amide bonds. The van der Waals surface area contributed by atoms with E-state index in [0.717, 1.165) is 30.5 Å². The molecular weight excluding hydrogens is 384 g/mol. The molecule has 0 radical (unpaired) electrons. The van der Waals surface area contributed by atoms with E-state index in [1.54, 1.807) is 18.2 Å². The van der Waals surface area contributed by atoms with Gasteiger partial charge in [0.1, 0.15) is 0 Å². The number of benzene rings is 2. The number of nitrogens with one attached hydrogen (secondary N) is 1. The largest absolute Gasteiger partial charge is 0.349 e. The van der Waals surface area contributed by atoms with E-state index in [1.165, 1.54) is 16.8 Å². The molecule has 1 heterocycles. The van der Waals surface area contributed by atoms with Gasteiger partial charge in [-0.25, -0.2) is 8.42 Å². The predicted molar refractivity (Wildman–Crippen MR) is 115 cm³/mol. The molecule has 29 heavy (non-hydrogen) atoms. The van der Waals surface area contributed by atoms with Crippen molar-refractivity contribution in [3.63, 3.8) is 0 Å². The van der Waals surface area contributed by atoms with Gasteiger partial charge in [0.15, 0.2) is 0 Å². The molecule has 5 nitrogen and oxygen atoms in total. The number of carbonyl (C=O) groups excluding carboxylic acids is 1. The number of carbonyl (C=O) groups is 1. The third kappa shape index (κ3) is 3.78. The summed E-state index contributed by atoms with van der Waals surface area (Å²) in [5.41, 5.74) is 2.15. The van der Waals surface area contributed by atoms with Crippen molar-refractivity contribution in [2.24, 2.45) is 5.92 Å². The number of hydrogen-bond acceptors (Lipinski definition) is 3. The lowest BCUT2D eigenvalue weighted by Crippen LogP contribution is -2.41. The number of para-hydroxylation sites is 1. The molecule has 2 aromatic carbocycles. The molecule has 0 saturated heterocycles. The smallest absolute Gasteiger partial charge is 0.264 e. The number of hydrogen-bond donors (Lipinski definition) is 1. The van der Waals surface area contributed by atoms with Crippen LogP contribution in [-0.4, -0.2) is 26.4 Å². The fourth-order valence-electron chi connectivity index (χ4n) is 4.60. The Bertz CT molecular complexity index is 1020. The van der Waals surface area contributed by atoms with Crippen LogP contribution >= 0.6 is 0 Å². The van der Waals surface area contributed by atoms with Crippen molar-refractivity contribution < 1.29 is 13.2 Å². The standard InChI is InChI=1S/C23H28N2O3S/c1-16-8-3-5-12-21(16)24-23(26)19-10-7-11-20(15-19)29(27,28)25-17(2)14-18-9-4-6-13-22(18)25/h4,6-7,9-11,13,15-17,21H,3,5,8,12,14H2,1-2H3,(H,24,26)/t16-,17-,21-/m0/s1. The highest BCUT2D eigenvalue weighted by Gasteiger charge is 2.36. The predicted octanol–water partition coefficient (Wildman–Crippen LogP) is 4.14. The normalized spacial score (nSPS) is 24.2. The van der Waals surface area contributed by atoms with Crippen LogP contribution in [0.3, 0.4) is 0 Å². The van der Waals surface area contributed by atoms with Gasteiger partial charge >= 0.3 is 0 Å². The first-order valence-electron chi connectivity index (χ1n) is 10.4. The molecule has 1 aliphatic carbocycles. The van der Waals surface area contributed by atoms with Crippen molar-refractivity contribution in [1.82, 2.24) is 5.32 Å². The highest BCUT2D eigenvalue weighted by molar-refractivity contribution is 7.92. The minimum Gasteiger partial charge on any atom is -0.349 e. The number of amides is 1. The van der Waals surface area contributed by atoms with Gasteiger partial charge in [-0.1, -0.05) is 44.0 Å². The average Bonchev–Trinajstić information content (AvgIpc) is 3.06. The first kappa shape index (κ1) is 20.0. The Kier molecular flexibility index (Phi) is 5.38. The molecule has 1 N–H and O–H groups in total. The minimum atomic E-state index is -3.75. The Morgan fingerprint density at radius 3 is 2.59 bits per heavy atom. The maximum Gasteiger partial charge on any atom is 0.264 e. The Morgan fingerprint density at radius 1 is 1.03 bits per heavy atom. The maximum atomic E-state index is 13.4. The summed E-state index contributed by atoms with van der Waals surface area (Å²) in [6.07, 6.45) is 5.11. The zero-order valence-corrected chi connectivity index (χ0v) is 17.8. The van der Waals surface area contributed by atoms with Gasteiger partial charge in [-0.05, 0) is 61.9 Å². The Morgan fingerprint density at radius 2 is 1.79 bits per heavy atom. The van der Waals surface area contributed by atoms with Crippen LogP contribution in [0, 0.1) is 5.92 Å². The molecule has 6 heteroatoms. The van der Waals surface area contributed by atoms with Crippen molar-refractivity contribution in [2.75, 3.05) is 4.31 Å². The maximum absolute atomic E-state index is 13.4. The summed E-state index contributed by atoms with van der Waals surface area (Å²) in [7, 11) is -3.75. The van der Waals surface area contributed by atoms with Crippen LogP contribution in [-0.2, 0) is 16.4 Å². The second-order valence-electron chi connectivity index (χ2n) is 8.35. The molecule has 1 fully saturated rings. The molecule has 0 bridgehead atoms. The molecule has 2 aromatic rings. The Hall–Kier alpha value is -2.34. The van der Waals surface area contributed by atoms with E-state index in [-0.39, 0.29) is 22.9 Å². The average molecular weight is 413 g/mol. The fraction of sp³-hybridized carbons (Fsp3) is 0.435. The molecule has 154 valence electrons. The van der Waals surface area contributed by atoms with Crippen molar-refractivity contribution in [3.05, 3.63) is 59.7 Å². The molecule has 1 saturated carbocycles. The number of fused-ring (bicyclic) bond motifs is 1. The van der Waals surface area contributed by atoms with Gasteiger partial charge in [0.25, 0.3) is 15.9 Å². The number of nitrogens with zero attached hydrogens (tertiary/aromatic N) is 1. The van der Waals surface area contributed by atoms with Gasteiger partial charge in [0, 0.05) is 17.6 Å². The Balaban J connectivity index is 1.60. The molecule has 4 rings (SSSR count). The van der Waals surface area contributed by atoms with E-state index >= 15 is 0 Å². The van der Waals surface area contributed by atoms with Gasteiger partial charge in [0.05, 0.1) is 10.6 Å². The van der Waals surface area contributed by atoms with Crippen LogP contribution in [0.4, 0.5) is 5.69 Å². The highest BCUT2D eigenvalue weighted by Crippen LogP contribution is 2.36. The molecule has 0 aromatic heterocycles. The summed E-state index contributed by atoms with van der Waals surface area (Å²) in [4.78, 5) is 13.0. The summed E-state index contributed by atoms with van der Waals surface area (Å²) in [6, 6.07) is 14.0. The van der Waals surface area contributed by atoms with Gasteiger partial charge < -0.3 is 5.32 Å². The van der Waals surface area contributed by atoms with Crippen molar-refractivity contribution in [1.29, 1.82) is 0 Å².